The number of amides is 1. The van der Waals surface area contributed by atoms with Gasteiger partial charge < -0.3 is 5.32 Å². The summed E-state index contributed by atoms with van der Waals surface area (Å²) in [5.74, 6) is 0.201. The van der Waals surface area contributed by atoms with E-state index in [-0.39, 0.29) is 11.8 Å². The fraction of sp³-hybridized carbons (Fsp3) is 0.400. The molecule has 1 fully saturated rings. The fourth-order valence-electron chi connectivity index (χ4n) is 2.73. The molecule has 1 atom stereocenters. The zero-order chi connectivity index (χ0) is 20.0. The number of allylic oxidation sites excluding steroid dienone is 3. The first-order valence-corrected chi connectivity index (χ1v) is 9.05. The average molecular weight is 399 g/mol. The van der Waals surface area contributed by atoms with Crippen LogP contribution >= 0.6 is 11.6 Å². The van der Waals surface area contributed by atoms with Crippen LogP contribution < -0.4 is 5.32 Å². The van der Waals surface area contributed by atoms with Crippen molar-refractivity contribution in [3.8, 4) is 0 Å². The first kappa shape index (κ1) is 21.2. The largest absolute Gasteiger partial charge is 0.433 e. The van der Waals surface area contributed by atoms with E-state index in [1.165, 1.54) is 6.08 Å². The molecule has 0 aliphatic heterocycles. The van der Waals surface area contributed by atoms with Gasteiger partial charge >= 0.3 is 6.18 Å². The minimum atomic E-state index is -4.54. The van der Waals surface area contributed by atoms with E-state index in [0.29, 0.717) is 23.0 Å². The van der Waals surface area contributed by atoms with Crippen molar-refractivity contribution in [3.63, 3.8) is 0 Å². The zero-order valence-corrected chi connectivity index (χ0v) is 15.8. The summed E-state index contributed by atoms with van der Waals surface area (Å²) in [7, 11) is 0. The first-order chi connectivity index (χ1) is 12.7. The molecule has 0 radical (unpaired) electrons. The van der Waals surface area contributed by atoms with Gasteiger partial charge in [-0.2, -0.15) is 13.2 Å². The lowest BCUT2D eigenvalue weighted by molar-refractivity contribution is -0.0922. The number of carbonyl (C=O) groups is 1. The lowest BCUT2D eigenvalue weighted by Crippen LogP contribution is -2.30. The van der Waals surface area contributed by atoms with Crippen molar-refractivity contribution in [3.05, 3.63) is 58.3 Å². The van der Waals surface area contributed by atoms with E-state index < -0.39 is 11.9 Å². The standard InChI is InChI=1S/C20H22ClF3N2O/c1-13(7-10-18(25-2)20(22,23)24)15(11-14-8-9-14)12-26-19(27)16-5-3-4-6-17(16)21/h3-7,10,14-15H,2,8-9,11-12H2,1H3,(H,26,27)/b13-7+,18-10-. The summed E-state index contributed by atoms with van der Waals surface area (Å²) in [6.07, 6.45) is 0.842. The Morgan fingerprint density at radius 2 is 2.04 bits per heavy atom. The van der Waals surface area contributed by atoms with Gasteiger partial charge in [0.1, 0.15) is 5.70 Å². The molecule has 1 aliphatic carbocycles. The second-order valence-electron chi connectivity index (χ2n) is 6.68. The number of halogens is 4. The number of aliphatic imine (C=N–C) groups is 1. The minimum Gasteiger partial charge on any atom is -0.351 e. The van der Waals surface area contributed by atoms with Gasteiger partial charge in [-0.25, -0.2) is 0 Å². The highest BCUT2D eigenvalue weighted by Gasteiger charge is 2.33. The van der Waals surface area contributed by atoms with Crippen LogP contribution in [0.3, 0.4) is 0 Å². The number of hydrogen-bond donors (Lipinski definition) is 1. The number of rotatable bonds is 8. The minimum absolute atomic E-state index is 0.0560. The number of carbonyl (C=O) groups excluding carboxylic acids is 1. The maximum absolute atomic E-state index is 12.8. The zero-order valence-electron chi connectivity index (χ0n) is 15.0. The number of alkyl halides is 3. The third-order valence-corrected chi connectivity index (χ3v) is 4.88. The van der Waals surface area contributed by atoms with Gasteiger partial charge in [0.25, 0.3) is 5.91 Å². The molecule has 0 heterocycles. The Labute approximate surface area is 162 Å². The average Bonchev–Trinajstić information content (AvgIpc) is 3.42. The lowest BCUT2D eigenvalue weighted by atomic mass is 9.93. The predicted molar refractivity (Wildman–Crippen MR) is 102 cm³/mol. The van der Waals surface area contributed by atoms with Gasteiger partial charge in [0, 0.05) is 6.54 Å². The van der Waals surface area contributed by atoms with Crippen LogP contribution in [-0.4, -0.2) is 25.3 Å². The maximum atomic E-state index is 12.8. The molecule has 1 N–H and O–H groups in total. The van der Waals surface area contributed by atoms with Crippen LogP contribution in [0.4, 0.5) is 13.2 Å². The van der Waals surface area contributed by atoms with E-state index in [0.717, 1.165) is 30.9 Å². The molecule has 0 spiro atoms. The Morgan fingerprint density at radius 1 is 1.37 bits per heavy atom. The highest BCUT2D eigenvalue weighted by atomic mass is 35.5. The van der Waals surface area contributed by atoms with Gasteiger partial charge in [-0.1, -0.05) is 48.2 Å². The monoisotopic (exact) mass is 398 g/mol. The Bertz CT molecular complexity index is 752. The van der Waals surface area contributed by atoms with Gasteiger partial charge in [-0.3, -0.25) is 9.79 Å². The Morgan fingerprint density at radius 3 is 2.59 bits per heavy atom. The SMILES string of the molecule is C=N/C(=C\C=C(/C)C(CNC(=O)c1ccccc1Cl)CC1CC1)C(F)(F)F. The number of nitrogens with one attached hydrogen (secondary N) is 1. The Hall–Kier alpha value is -2.08. The highest BCUT2D eigenvalue weighted by Crippen LogP contribution is 2.37. The molecule has 3 nitrogen and oxygen atoms in total. The fourth-order valence-corrected chi connectivity index (χ4v) is 2.95. The van der Waals surface area contributed by atoms with E-state index in [9.17, 15) is 18.0 Å². The van der Waals surface area contributed by atoms with Gasteiger partial charge in [-0.15, -0.1) is 0 Å². The molecule has 1 aromatic rings. The van der Waals surface area contributed by atoms with Crippen molar-refractivity contribution in [2.24, 2.45) is 16.8 Å². The third-order valence-electron chi connectivity index (χ3n) is 4.55. The molecule has 2 rings (SSSR count). The van der Waals surface area contributed by atoms with E-state index in [1.807, 2.05) is 0 Å². The molecule has 0 aromatic heterocycles. The van der Waals surface area contributed by atoms with Crippen molar-refractivity contribution in [2.45, 2.75) is 32.4 Å². The smallest absolute Gasteiger partial charge is 0.351 e. The Kier molecular flexibility index (Phi) is 7.25. The summed E-state index contributed by atoms with van der Waals surface area (Å²) in [6.45, 7) is 5.07. The van der Waals surface area contributed by atoms with E-state index >= 15 is 0 Å². The summed E-state index contributed by atoms with van der Waals surface area (Å²) in [5.41, 5.74) is 0.0972. The summed E-state index contributed by atoms with van der Waals surface area (Å²) in [6, 6.07) is 6.72. The first-order valence-electron chi connectivity index (χ1n) is 8.67. The molecule has 1 saturated carbocycles. The van der Waals surface area contributed by atoms with E-state index in [1.54, 1.807) is 31.2 Å². The van der Waals surface area contributed by atoms with Crippen LogP contribution in [0.2, 0.25) is 5.02 Å². The molecule has 0 saturated heterocycles. The van der Waals surface area contributed by atoms with E-state index in [2.05, 4.69) is 17.0 Å². The second kappa shape index (κ2) is 9.22. The van der Waals surface area contributed by atoms with Crippen molar-refractivity contribution >= 4 is 24.2 Å². The van der Waals surface area contributed by atoms with Crippen LogP contribution in [0.15, 0.2) is 52.7 Å². The molecule has 7 heteroatoms. The topological polar surface area (TPSA) is 41.5 Å². The second-order valence-corrected chi connectivity index (χ2v) is 7.09. The summed E-state index contributed by atoms with van der Waals surface area (Å²) >= 11 is 6.03. The number of hydrogen-bond acceptors (Lipinski definition) is 2. The van der Waals surface area contributed by atoms with Gasteiger partial charge in [0.2, 0.25) is 0 Å². The highest BCUT2D eigenvalue weighted by molar-refractivity contribution is 6.33. The molecular weight excluding hydrogens is 377 g/mol. The summed E-state index contributed by atoms with van der Waals surface area (Å²) in [4.78, 5) is 15.4. The van der Waals surface area contributed by atoms with Crippen LogP contribution in [0.1, 0.15) is 36.5 Å². The van der Waals surface area contributed by atoms with Crippen LogP contribution in [0, 0.1) is 11.8 Å². The number of nitrogens with zero attached hydrogens (tertiary/aromatic N) is 1. The van der Waals surface area contributed by atoms with Crippen LogP contribution in [0.5, 0.6) is 0 Å². The van der Waals surface area contributed by atoms with Crippen LogP contribution in [0.25, 0.3) is 0 Å². The third kappa shape index (κ3) is 6.54. The van der Waals surface area contributed by atoms with Crippen molar-refractivity contribution in [1.29, 1.82) is 0 Å². The predicted octanol–water partition coefficient (Wildman–Crippen LogP) is 5.58. The van der Waals surface area contributed by atoms with E-state index in [4.69, 9.17) is 11.6 Å². The molecule has 27 heavy (non-hydrogen) atoms. The molecule has 1 unspecified atom stereocenters. The summed E-state index contributed by atoms with van der Waals surface area (Å²) in [5, 5.41) is 3.20. The number of benzene rings is 1. The van der Waals surface area contributed by atoms with Gasteiger partial charge in [-0.05, 0) is 50.1 Å². The summed E-state index contributed by atoms with van der Waals surface area (Å²) < 4.78 is 38.3. The van der Waals surface area contributed by atoms with Crippen molar-refractivity contribution in [2.75, 3.05) is 6.54 Å². The Balaban J connectivity index is 2.09. The molecule has 0 bridgehead atoms. The molecule has 146 valence electrons. The van der Waals surface area contributed by atoms with Gasteiger partial charge in [0.15, 0.2) is 0 Å². The molecule has 1 aliphatic rings. The van der Waals surface area contributed by atoms with Crippen molar-refractivity contribution in [1.82, 2.24) is 5.32 Å². The maximum Gasteiger partial charge on any atom is 0.433 e. The quantitative estimate of drug-likeness (QED) is 0.450. The lowest BCUT2D eigenvalue weighted by Gasteiger charge is -2.19. The van der Waals surface area contributed by atoms with Gasteiger partial charge in [0.05, 0.1) is 10.6 Å². The normalized spacial score (nSPS) is 16.8. The molecule has 1 aromatic carbocycles. The van der Waals surface area contributed by atoms with Crippen molar-refractivity contribution < 1.29 is 18.0 Å². The molecule has 1 amide bonds. The van der Waals surface area contributed by atoms with Crippen LogP contribution in [-0.2, 0) is 0 Å². The molecular formula is C20H22ClF3N2O.